The molecule has 0 aliphatic rings. The van der Waals surface area contributed by atoms with E-state index in [-0.39, 0.29) is 12.0 Å². The lowest BCUT2D eigenvalue weighted by Gasteiger charge is -2.15. The standard InChI is InChI=1S/C14H17N5O3/c1-19(7-6-12(20)18-14(15)22)8-11-16-10-5-3-2-4-9(10)13(21)17-11/h2-5H,6-8H2,1H3,(H,16,17,21)(H3,15,18,20,22). The van der Waals surface area contributed by atoms with E-state index in [2.05, 4.69) is 9.97 Å². The Morgan fingerprint density at radius 1 is 1.36 bits per heavy atom. The molecular weight excluding hydrogens is 286 g/mol. The molecule has 0 radical (unpaired) electrons. The number of nitrogens with two attached hydrogens (primary N) is 1. The number of aromatic amines is 1. The van der Waals surface area contributed by atoms with Crippen molar-refractivity contribution in [1.29, 1.82) is 0 Å². The summed E-state index contributed by atoms with van der Waals surface area (Å²) >= 11 is 0. The van der Waals surface area contributed by atoms with Crippen LogP contribution in [0.3, 0.4) is 0 Å². The molecule has 0 saturated heterocycles. The van der Waals surface area contributed by atoms with Gasteiger partial charge < -0.3 is 10.7 Å². The van der Waals surface area contributed by atoms with Gasteiger partial charge in [0.05, 0.1) is 17.4 Å². The van der Waals surface area contributed by atoms with Gasteiger partial charge in [-0.25, -0.2) is 9.78 Å². The molecule has 0 fully saturated rings. The second kappa shape index (κ2) is 6.81. The average molecular weight is 303 g/mol. The molecule has 2 aromatic rings. The van der Waals surface area contributed by atoms with Crippen molar-refractivity contribution in [2.45, 2.75) is 13.0 Å². The number of amides is 3. The van der Waals surface area contributed by atoms with Gasteiger partial charge in [0.15, 0.2) is 0 Å². The van der Waals surface area contributed by atoms with Gasteiger partial charge in [-0.05, 0) is 19.2 Å². The third-order valence-corrected chi connectivity index (χ3v) is 3.06. The minimum atomic E-state index is -0.867. The molecule has 0 unspecified atom stereocenters. The van der Waals surface area contributed by atoms with Gasteiger partial charge in [0.2, 0.25) is 5.91 Å². The molecule has 1 aromatic heterocycles. The summed E-state index contributed by atoms with van der Waals surface area (Å²) in [5.41, 5.74) is 5.29. The maximum atomic E-state index is 11.9. The van der Waals surface area contributed by atoms with Gasteiger partial charge in [-0.1, -0.05) is 12.1 Å². The second-order valence-electron chi connectivity index (χ2n) is 4.93. The van der Waals surface area contributed by atoms with Crippen LogP contribution < -0.4 is 16.6 Å². The Hall–Kier alpha value is -2.74. The molecule has 0 atom stereocenters. The van der Waals surface area contributed by atoms with Gasteiger partial charge in [-0.15, -0.1) is 0 Å². The van der Waals surface area contributed by atoms with Crippen molar-refractivity contribution >= 4 is 22.8 Å². The smallest absolute Gasteiger partial charge is 0.318 e. The lowest BCUT2D eigenvalue weighted by Crippen LogP contribution is -2.36. The first-order chi connectivity index (χ1) is 10.5. The summed E-state index contributed by atoms with van der Waals surface area (Å²) in [6, 6.07) is 6.21. The van der Waals surface area contributed by atoms with E-state index in [1.165, 1.54) is 0 Å². The number of nitrogens with zero attached hydrogens (tertiary/aromatic N) is 2. The van der Waals surface area contributed by atoms with Crippen LogP contribution in [0.5, 0.6) is 0 Å². The highest BCUT2D eigenvalue weighted by atomic mass is 16.2. The Balaban J connectivity index is 2.00. The molecule has 116 valence electrons. The van der Waals surface area contributed by atoms with E-state index < -0.39 is 11.9 Å². The fourth-order valence-corrected chi connectivity index (χ4v) is 2.04. The summed E-state index contributed by atoms with van der Waals surface area (Å²) in [6.07, 6.45) is 0.122. The van der Waals surface area contributed by atoms with Crippen LogP contribution in [0.4, 0.5) is 4.79 Å². The highest BCUT2D eigenvalue weighted by Gasteiger charge is 2.09. The average Bonchev–Trinajstić information content (AvgIpc) is 2.44. The van der Waals surface area contributed by atoms with Crippen LogP contribution in [0.1, 0.15) is 12.2 Å². The first-order valence-corrected chi connectivity index (χ1v) is 6.71. The summed E-state index contributed by atoms with van der Waals surface area (Å²) in [5.74, 6) is 0.0702. The molecule has 22 heavy (non-hydrogen) atoms. The Labute approximate surface area is 126 Å². The number of para-hydroxylation sites is 1. The predicted octanol–water partition coefficient (Wildman–Crippen LogP) is -0.0601. The van der Waals surface area contributed by atoms with E-state index in [0.717, 1.165) is 0 Å². The predicted molar refractivity (Wildman–Crippen MR) is 81.0 cm³/mol. The fraction of sp³-hybridized carbons (Fsp3) is 0.286. The van der Waals surface area contributed by atoms with Gasteiger partial charge in [0.1, 0.15) is 5.82 Å². The Kier molecular flexibility index (Phi) is 4.84. The topological polar surface area (TPSA) is 121 Å². The number of urea groups is 1. The maximum Gasteiger partial charge on any atom is 0.318 e. The molecular formula is C14H17N5O3. The molecule has 8 heteroatoms. The number of benzene rings is 1. The molecule has 0 aliphatic heterocycles. The number of imide groups is 1. The van der Waals surface area contributed by atoms with Crippen molar-refractivity contribution in [2.24, 2.45) is 5.73 Å². The highest BCUT2D eigenvalue weighted by molar-refractivity contribution is 5.93. The van der Waals surface area contributed by atoms with Gasteiger partial charge in [0.25, 0.3) is 5.56 Å². The van der Waals surface area contributed by atoms with E-state index in [1.54, 1.807) is 25.2 Å². The van der Waals surface area contributed by atoms with E-state index >= 15 is 0 Å². The van der Waals surface area contributed by atoms with Gasteiger partial charge in [-0.3, -0.25) is 19.8 Å². The maximum absolute atomic E-state index is 11.9. The second-order valence-corrected chi connectivity index (χ2v) is 4.93. The number of carbonyl (C=O) groups excluding carboxylic acids is 2. The number of primary amides is 1. The van der Waals surface area contributed by atoms with Gasteiger partial charge in [0, 0.05) is 13.0 Å². The van der Waals surface area contributed by atoms with Crippen LogP contribution in [0.15, 0.2) is 29.1 Å². The summed E-state index contributed by atoms with van der Waals surface area (Å²) in [5, 5.41) is 2.53. The zero-order valence-electron chi connectivity index (χ0n) is 12.1. The lowest BCUT2D eigenvalue weighted by molar-refractivity contribution is -0.120. The van der Waals surface area contributed by atoms with Crippen molar-refractivity contribution in [3.63, 3.8) is 0 Å². The normalized spacial score (nSPS) is 10.8. The third kappa shape index (κ3) is 4.13. The molecule has 0 bridgehead atoms. The number of H-pyrrole nitrogens is 1. The number of nitrogens with one attached hydrogen (secondary N) is 2. The molecule has 4 N–H and O–H groups in total. The van der Waals surface area contributed by atoms with E-state index in [4.69, 9.17) is 5.73 Å². The number of carbonyl (C=O) groups is 2. The summed E-state index contributed by atoms with van der Waals surface area (Å²) < 4.78 is 0. The molecule has 3 amide bonds. The fourth-order valence-electron chi connectivity index (χ4n) is 2.04. The van der Waals surface area contributed by atoms with Crippen molar-refractivity contribution in [1.82, 2.24) is 20.2 Å². The van der Waals surface area contributed by atoms with Crippen molar-refractivity contribution in [2.75, 3.05) is 13.6 Å². The Morgan fingerprint density at radius 3 is 2.82 bits per heavy atom. The minimum absolute atomic E-state index is 0.122. The minimum Gasteiger partial charge on any atom is -0.351 e. The summed E-state index contributed by atoms with van der Waals surface area (Å²) in [6.45, 7) is 0.777. The monoisotopic (exact) mass is 303 g/mol. The van der Waals surface area contributed by atoms with Gasteiger partial charge >= 0.3 is 6.03 Å². The molecule has 2 rings (SSSR count). The van der Waals surface area contributed by atoms with Crippen LogP contribution in [0, 0.1) is 0 Å². The van der Waals surface area contributed by atoms with Crippen LogP contribution in [0.2, 0.25) is 0 Å². The van der Waals surface area contributed by atoms with Gasteiger partial charge in [-0.2, -0.15) is 0 Å². The molecule has 0 saturated carbocycles. The number of hydrogen-bond donors (Lipinski definition) is 3. The molecule has 8 nitrogen and oxygen atoms in total. The summed E-state index contributed by atoms with van der Waals surface area (Å²) in [7, 11) is 1.78. The Bertz CT molecular complexity index is 755. The number of aromatic nitrogens is 2. The first-order valence-electron chi connectivity index (χ1n) is 6.71. The first kappa shape index (κ1) is 15.6. The molecule has 0 aliphatic carbocycles. The molecule has 1 aromatic carbocycles. The zero-order valence-corrected chi connectivity index (χ0v) is 12.1. The SMILES string of the molecule is CN(CCC(=O)NC(N)=O)Cc1nc2ccccc2c(=O)[nH]1. The van der Waals surface area contributed by atoms with Crippen molar-refractivity contribution in [3.8, 4) is 0 Å². The van der Waals surface area contributed by atoms with Crippen LogP contribution in [-0.2, 0) is 11.3 Å². The quantitative estimate of drug-likeness (QED) is 0.714. The molecule has 0 spiro atoms. The summed E-state index contributed by atoms with van der Waals surface area (Å²) in [4.78, 5) is 42.7. The van der Waals surface area contributed by atoms with Crippen LogP contribution in [0.25, 0.3) is 10.9 Å². The number of rotatable bonds is 5. The Morgan fingerprint density at radius 2 is 2.09 bits per heavy atom. The van der Waals surface area contributed by atoms with Crippen molar-refractivity contribution < 1.29 is 9.59 Å². The molecule has 1 heterocycles. The number of fused-ring (bicyclic) bond motifs is 1. The third-order valence-electron chi connectivity index (χ3n) is 3.06. The van der Waals surface area contributed by atoms with Crippen molar-refractivity contribution in [3.05, 3.63) is 40.4 Å². The van der Waals surface area contributed by atoms with Crippen LogP contribution >= 0.6 is 0 Å². The van der Waals surface area contributed by atoms with Crippen LogP contribution in [-0.4, -0.2) is 40.4 Å². The lowest BCUT2D eigenvalue weighted by atomic mass is 10.2. The van der Waals surface area contributed by atoms with E-state index in [1.807, 2.05) is 16.3 Å². The van der Waals surface area contributed by atoms with E-state index in [0.29, 0.717) is 29.8 Å². The highest BCUT2D eigenvalue weighted by Crippen LogP contribution is 2.06. The largest absolute Gasteiger partial charge is 0.351 e. The zero-order chi connectivity index (χ0) is 16.1. The number of hydrogen-bond acceptors (Lipinski definition) is 5. The van der Waals surface area contributed by atoms with E-state index in [9.17, 15) is 14.4 Å².